The number of benzene rings is 1. The number of thiazole rings is 1. The van der Waals surface area contributed by atoms with E-state index in [1.807, 2.05) is 12.3 Å². The number of hydrazine groups is 1. The Morgan fingerprint density at radius 1 is 1.42 bits per heavy atom. The molecule has 33 heavy (non-hydrogen) atoms. The van der Waals surface area contributed by atoms with Crippen molar-refractivity contribution in [1.29, 1.82) is 0 Å². The van der Waals surface area contributed by atoms with E-state index in [1.54, 1.807) is 13.2 Å². The predicted molar refractivity (Wildman–Crippen MR) is 128 cm³/mol. The van der Waals surface area contributed by atoms with E-state index < -0.39 is 12.0 Å². The van der Waals surface area contributed by atoms with Crippen LogP contribution in [0.2, 0.25) is 0 Å². The first kappa shape index (κ1) is 23.9. The maximum Gasteiger partial charge on any atom is 0.326 e. The summed E-state index contributed by atoms with van der Waals surface area (Å²) in [5, 5.41) is 17.5. The average molecular weight is 541 g/mol. The molecule has 3 heterocycles. The van der Waals surface area contributed by atoms with E-state index in [4.69, 9.17) is 9.47 Å². The number of fused-ring (bicyclic) bond motifs is 1. The molecule has 0 saturated carbocycles. The van der Waals surface area contributed by atoms with E-state index in [9.17, 15) is 14.3 Å². The van der Waals surface area contributed by atoms with Gasteiger partial charge in [-0.3, -0.25) is 0 Å². The van der Waals surface area contributed by atoms with Crippen molar-refractivity contribution in [3.63, 3.8) is 0 Å². The van der Waals surface area contributed by atoms with E-state index in [0.717, 1.165) is 41.0 Å². The van der Waals surface area contributed by atoms with Crippen LogP contribution in [-0.2, 0) is 16.1 Å². The summed E-state index contributed by atoms with van der Waals surface area (Å²) >= 11 is 4.89. The third-order valence-corrected chi connectivity index (χ3v) is 7.25. The third-order valence-electron chi connectivity index (χ3n) is 5.61. The van der Waals surface area contributed by atoms with Crippen LogP contribution in [0.4, 0.5) is 9.52 Å². The molecule has 0 aliphatic carbocycles. The molecule has 8 nitrogen and oxygen atoms in total. The lowest BCUT2D eigenvalue weighted by Crippen LogP contribution is -2.46. The number of hydrogen-bond acceptors (Lipinski definition) is 8. The lowest BCUT2D eigenvalue weighted by atomic mass is 10.1. The molecule has 4 rings (SSSR count). The molecule has 11 heteroatoms. The number of nitrogens with one attached hydrogen (secondary N) is 1. The van der Waals surface area contributed by atoms with Crippen molar-refractivity contribution in [2.45, 2.75) is 38.0 Å². The molecule has 1 fully saturated rings. The first-order chi connectivity index (χ1) is 15.9. The summed E-state index contributed by atoms with van der Waals surface area (Å²) in [6.07, 6.45) is 6.02. The van der Waals surface area contributed by atoms with Crippen LogP contribution < -0.4 is 10.1 Å². The molecule has 2 aromatic rings. The van der Waals surface area contributed by atoms with Gasteiger partial charge < -0.3 is 24.9 Å². The van der Waals surface area contributed by atoms with E-state index in [1.165, 1.54) is 23.5 Å². The van der Waals surface area contributed by atoms with E-state index in [0.29, 0.717) is 30.5 Å². The number of aliphatic carboxylic acids is 1. The zero-order valence-corrected chi connectivity index (χ0v) is 20.6. The molecule has 2 aliphatic rings. The quantitative estimate of drug-likeness (QED) is 0.489. The largest absolute Gasteiger partial charge is 0.489 e. The number of carboxylic acids is 1. The average Bonchev–Trinajstić information content (AvgIpc) is 3.21. The van der Waals surface area contributed by atoms with Gasteiger partial charge in [0.1, 0.15) is 23.7 Å². The van der Waals surface area contributed by atoms with Crippen molar-refractivity contribution in [1.82, 2.24) is 15.0 Å². The van der Waals surface area contributed by atoms with Crippen molar-refractivity contribution in [2.75, 3.05) is 32.1 Å². The van der Waals surface area contributed by atoms with Gasteiger partial charge in [-0.1, -0.05) is 11.3 Å². The zero-order valence-electron chi connectivity index (χ0n) is 18.2. The van der Waals surface area contributed by atoms with Gasteiger partial charge in [0, 0.05) is 45.5 Å². The number of piperidine rings is 1. The summed E-state index contributed by atoms with van der Waals surface area (Å²) < 4.78 is 25.3. The lowest BCUT2D eigenvalue weighted by Gasteiger charge is -2.40. The number of halogens is 2. The Morgan fingerprint density at radius 2 is 2.21 bits per heavy atom. The molecule has 1 aromatic heterocycles. The second-order valence-corrected chi connectivity index (χ2v) is 9.84. The van der Waals surface area contributed by atoms with E-state index >= 15 is 0 Å². The molecular weight excluding hydrogens is 515 g/mol. The van der Waals surface area contributed by atoms with Crippen LogP contribution in [-0.4, -0.2) is 65.0 Å². The van der Waals surface area contributed by atoms with Crippen molar-refractivity contribution >= 4 is 44.4 Å². The normalized spacial score (nSPS) is 17.6. The minimum absolute atomic E-state index is 0.0305. The second kappa shape index (κ2) is 10.8. The molecule has 1 atom stereocenters. The van der Waals surface area contributed by atoms with Crippen LogP contribution in [0.25, 0.3) is 6.08 Å². The van der Waals surface area contributed by atoms with Gasteiger partial charge in [0.15, 0.2) is 5.13 Å². The summed E-state index contributed by atoms with van der Waals surface area (Å²) in [6, 6.07) is 3.72. The Kier molecular flexibility index (Phi) is 7.84. The summed E-state index contributed by atoms with van der Waals surface area (Å²) in [6.45, 7) is 2.68. The summed E-state index contributed by atoms with van der Waals surface area (Å²) in [4.78, 5) is 17.1. The van der Waals surface area contributed by atoms with Crippen molar-refractivity contribution in [3.05, 3.63) is 45.3 Å². The highest BCUT2D eigenvalue weighted by atomic mass is 79.9. The lowest BCUT2D eigenvalue weighted by molar-refractivity contribution is -0.138. The van der Waals surface area contributed by atoms with Crippen LogP contribution in [0.1, 0.15) is 29.8 Å². The smallest absolute Gasteiger partial charge is 0.326 e. The molecule has 1 aromatic carbocycles. The maximum atomic E-state index is 13.5. The van der Waals surface area contributed by atoms with Gasteiger partial charge in [-0.15, -0.1) is 0 Å². The van der Waals surface area contributed by atoms with Crippen LogP contribution >= 0.6 is 27.3 Å². The zero-order chi connectivity index (χ0) is 23.4. The van der Waals surface area contributed by atoms with Crippen LogP contribution in [0.3, 0.4) is 0 Å². The van der Waals surface area contributed by atoms with Crippen molar-refractivity contribution in [3.8, 4) is 5.75 Å². The Hall–Kier alpha value is -2.21. The van der Waals surface area contributed by atoms with E-state index in [2.05, 4.69) is 36.2 Å². The van der Waals surface area contributed by atoms with Gasteiger partial charge in [-0.05, 0) is 47.0 Å². The fraction of sp³-hybridized carbons (Fsp3) is 0.455. The number of aromatic nitrogens is 1. The Morgan fingerprint density at radius 3 is 2.94 bits per heavy atom. The first-order valence-corrected chi connectivity index (χ1v) is 12.3. The van der Waals surface area contributed by atoms with Crippen LogP contribution in [0.5, 0.6) is 5.75 Å². The first-order valence-electron chi connectivity index (χ1n) is 10.7. The molecule has 178 valence electrons. The number of carbonyl (C=O) groups is 1. The molecule has 1 saturated heterocycles. The van der Waals surface area contributed by atoms with Crippen LogP contribution in [0, 0.1) is 5.82 Å². The van der Waals surface area contributed by atoms with Crippen molar-refractivity contribution < 1.29 is 23.8 Å². The fourth-order valence-corrected chi connectivity index (χ4v) is 5.16. The summed E-state index contributed by atoms with van der Waals surface area (Å²) in [5.41, 5.74) is 0.865. The molecule has 0 amide bonds. The highest BCUT2D eigenvalue weighted by Crippen LogP contribution is 2.32. The number of anilines is 1. The third kappa shape index (κ3) is 6.03. The van der Waals surface area contributed by atoms with Gasteiger partial charge in [-0.25, -0.2) is 19.2 Å². The molecule has 1 unspecified atom stereocenters. The van der Waals surface area contributed by atoms with E-state index in [-0.39, 0.29) is 11.9 Å². The number of methoxy groups -OCH3 is 1. The number of carboxylic acid groups (broad SMARTS) is 1. The highest BCUT2D eigenvalue weighted by Gasteiger charge is 2.27. The Bertz CT molecular complexity index is 1010. The van der Waals surface area contributed by atoms with Gasteiger partial charge in [0.2, 0.25) is 0 Å². The topological polar surface area (TPSA) is 87.2 Å². The Balaban J connectivity index is 1.31. The molecule has 0 spiro atoms. The molecule has 2 N–H and O–H groups in total. The molecule has 0 bridgehead atoms. The van der Waals surface area contributed by atoms with Gasteiger partial charge in [-0.2, -0.15) is 0 Å². The minimum atomic E-state index is -0.923. The van der Waals surface area contributed by atoms with Gasteiger partial charge in [0.05, 0.1) is 21.6 Å². The molecule has 0 radical (unpaired) electrons. The van der Waals surface area contributed by atoms with Gasteiger partial charge >= 0.3 is 5.97 Å². The number of ether oxygens (including phenoxy) is 2. The van der Waals surface area contributed by atoms with Crippen molar-refractivity contribution in [2.24, 2.45) is 0 Å². The highest BCUT2D eigenvalue weighted by molar-refractivity contribution is 9.10. The standard InChI is InChI=1S/C22H26BrFN4O4S/c1-31-11-7-18(21(29)30)26-22-25-17-6-10-28(13-20(17)33-22)27-8-4-15(5-9-27)32-19-12-14(24)2-3-16(19)23/h2-3,6,10,12,15,18H,4-5,7-9,11,13H2,1H3,(H,25,26)(H,29,30). The predicted octanol–water partition coefficient (Wildman–Crippen LogP) is 4.19. The SMILES string of the molecule is COCCC(Nc1nc2c(s1)CN(N1CCC(Oc3cc(F)ccc3Br)CC1)C=C2)C(=O)O. The van der Waals surface area contributed by atoms with Crippen LogP contribution in [0.15, 0.2) is 28.9 Å². The molecule has 2 aliphatic heterocycles. The maximum absolute atomic E-state index is 13.5. The number of nitrogens with zero attached hydrogens (tertiary/aromatic N) is 3. The Labute approximate surface area is 204 Å². The fourth-order valence-electron chi connectivity index (χ4n) is 3.83. The summed E-state index contributed by atoms with van der Waals surface area (Å²) in [7, 11) is 1.55. The number of hydrogen-bond donors (Lipinski definition) is 2. The second-order valence-electron chi connectivity index (χ2n) is 7.90. The minimum Gasteiger partial charge on any atom is -0.489 e. The van der Waals surface area contributed by atoms with Gasteiger partial charge in [0.25, 0.3) is 0 Å². The number of rotatable bonds is 9. The monoisotopic (exact) mass is 540 g/mol. The summed E-state index contributed by atoms with van der Waals surface area (Å²) in [5.74, 6) is -0.703. The molecular formula is C22H26BrFN4O4S.